The molecule has 25 heavy (non-hydrogen) atoms. The van der Waals surface area contributed by atoms with Gasteiger partial charge in [0.25, 0.3) is 0 Å². The van der Waals surface area contributed by atoms with E-state index in [1.165, 1.54) is 0 Å². The third-order valence-electron chi connectivity index (χ3n) is 3.45. The Morgan fingerprint density at radius 3 is 2.40 bits per heavy atom. The third-order valence-corrected chi connectivity index (χ3v) is 3.45. The molecule has 1 aromatic heterocycles. The number of halogens is 3. The molecule has 2 heterocycles. The molecule has 0 radical (unpaired) electrons. The molecule has 0 aromatic carbocycles. The molecule has 0 aliphatic carbocycles. The normalized spacial score (nSPS) is 21.4. The van der Waals surface area contributed by atoms with Crippen LogP contribution in [-0.4, -0.2) is 53.4 Å². The van der Waals surface area contributed by atoms with Crippen LogP contribution in [0.4, 0.5) is 24.9 Å². The number of anilines is 2. The number of carbonyl (C=O) groups is 1. The fourth-order valence-corrected chi connectivity index (χ4v) is 2.04. The number of likely N-dealkylation sites (N-methyl/N-ethyl adjacent to an activating group) is 1. The molecule has 1 fully saturated rings. The summed E-state index contributed by atoms with van der Waals surface area (Å²) in [6.07, 6.45) is -4.14. The fraction of sp³-hybridized carbons (Fsp3) is 0.667. The average molecular weight is 364 g/mol. The van der Waals surface area contributed by atoms with E-state index in [0.29, 0.717) is 0 Å². The lowest BCUT2D eigenvalue weighted by molar-refractivity contribution is -0.192. The molecule has 1 saturated heterocycles. The Hall–Kier alpha value is -2.10. The van der Waals surface area contributed by atoms with Crippen LogP contribution < -0.4 is 16.0 Å². The van der Waals surface area contributed by atoms with Gasteiger partial charge in [0.15, 0.2) is 0 Å². The maximum Gasteiger partial charge on any atom is 0.490 e. The van der Waals surface area contributed by atoms with Gasteiger partial charge in [0.1, 0.15) is 5.82 Å². The molecule has 142 valence electrons. The summed E-state index contributed by atoms with van der Waals surface area (Å²) in [7, 11) is 1.89. The van der Waals surface area contributed by atoms with Gasteiger partial charge in [-0.1, -0.05) is 20.8 Å². The predicted molar refractivity (Wildman–Crippen MR) is 88.5 cm³/mol. The molecule has 4 N–H and O–H groups in total. The van der Waals surface area contributed by atoms with E-state index in [2.05, 4.69) is 36.1 Å². The van der Waals surface area contributed by atoms with Gasteiger partial charge in [-0.05, 0) is 13.5 Å². The third kappa shape index (κ3) is 6.37. The van der Waals surface area contributed by atoms with Crippen LogP contribution in [0.2, 0.25) is 0 Å². The highest BCUT2D eigenvalue weighted by atomic mass is 19.4. The van der Waals surface area contributed by atoms with Gasteiger partial charge >= 0.3 is 12.1 Å². The Kier molecular flexibility index (Phi) is 6.04. The van der Waals surface area contributed by atoms with Crippen molar-refractivity contribution in [1.29, 1.82) is 0 Å². The smallest absolute Gasteiger partial charge is 0.475 e. The van der Waals surface area contributed by atoms with Crippen molar-refractivity contribution in [3.63, 3.8) is 0 Å². The number of carboxylic acid groups (broad SMARTS) is 1. The van der Waals surface area contributed by atoms with Gasteiger partial charge in [0, 0.05) is 30.6 Å². The summed E-state index contributed by atoms with van der Waals surface area (Å²) in [4.78, 5) is 19.5. The monoisotopic (exact) mass is 364 g/mol. The van der Waals surface area contributed by atoms with E-state index < -0.39 is 12.1 Å². The summed E-state index contributed by atoms with van der Waals surface area (Å²) in [5, 5.41) is 10.3. The van der Waals surface area contributed by atoms with E-state index in [0.717, 1.165) is 24.5 Å². The van der Waals surface area contributed by atoms with Crippen LogP contribution in [0.3, 0.4) is 0 Å². The fourth-order valence-electron chi connectivity index (χ4n) is 2.04. The molecular weight excluding hydrogens is 339 g/mol. The van der Waals surface area contributed by atoms with E-state index in [1.807, 2.05) is 18.0 Å². The van der Waals surface area contributed by atoms with Gasteiger partial charge in [-0.25, -0.2) is 9.78 Å². The summed E-state index contributed by atoms with van der Waals surface area (Å²) in [5.41, 5.74) is 6.64. The number of nitrogens with zero attached hydrogens (tertiary/aromatic N) is 3. The van der Waals surface area contributed by atoms with Gasteiger partial charge in [-0.2, -0.15) is 18.2 Å². The number of aromatic nitrogens is 2. The maximum atomic E-state index is 10.6. The number of rotatable bonds is 2. The van der Waals surface area contributed by atoms with Gasteiger partial charge in [0.05, 0.1) is 7.06 Å². The predicted octanol–water partition coefficient (Wildman–Crippen LogP) is 1.79. The first-order chi connectivity index (χ1) is 11.8. The van der Waals surface area contributed by atoms with E-state index in [-0.39, 0.29) is 23.9 Å². The Morgan fingerprint density at radius 2 is 2.00 bits per heavy atom. The average Bonchev–Trinajstić information content (AvgIpc) is 2.86. The van der Waals surface area contributed by atoms with Crippen LogP contribution in [0, 0.1) is 0 Å². The first-order valence-corrected chi connectivity index (χ1v) is 7.58. The van der Waals surface area contributed by atoms with E-state index in [4.69, 9.17) is 17.0 Å². The molecule has 7 nitrogen and oxygen atoms in total. The van der Waals surface area contributed by atoms with Gasteiger partial charge in [0.2, 0.25) is 5.95 Å². The summed E-state index contributed by atoms with van der Waals surface area (Å²) < 4.78 is 40.0. The second-order valence-corrected chi connectivity index (χ2v) is 6.55. The standard InChI is InChI=1S/C13H23N5.C2HF3O2/c1-13(2,3)10-7-11(17-12(14)16-10)18-6-5-9(8-18)15-4;3-2(4,5)1(6)7/h7,9,15H,5-6,8H2,1-4H3,(H2,14,16,17);(H,6,7)/t9-;/m1./s1/i8D;/t8?,9-;. The zero-order chi connectivity index (χ0) is 20.3. The highest BCUT2D eigenvalue weighted by Gasteiger charge is 2.38. The van der Waals surface area contributed by atoms with Gasteiger partial charge < -0.3 is 21.1 Å². The first kappa shape index (κ1) is 19.2. The summed E-state index contributed by atoms with van der Waals surface area (Å²) in [6, 6.07) is 2.13. The number of carboxylic acids is 1. The van der Waals surface area contributed by atoms with Gasteiger partial charge in [-0.3, -0.25) is 0 Å². The van der Waals surface area contributed by atoms with Gasteiger partial charge in [-0.15, -0.1) is 0 Å². The van der Waals surface area contributed by atoms with Crippen molar-refractivity contribution >= 4 is 17.7 Å². The van der Waals surface area contributed by atoms with Crippen LogP contribution in [-0.2, 0) is 10.2 Å². The molecule has 10 heteroatoms. The maximum absolute atomic E-state index is 10.6. The molecule has 0 bridgehead atoms. The molecular formula is C15H24F3N5O2. The SMILES string of the molecule is O=C(O)C(F)(F)F.[2H]C1[C@H](NC)CCN1c1cc(C(C)(C)C)nc(N)n1. The Bertz CT molecular complexity index is 637. The minimum atomic E-state index is -5.08. The number of nitrogens with one attached hydrogen (secondary N) is 1. The largest absolute Gasteiger partial charge is 0.490 e. The van der Waals surface area contributed by atoms with Crippen LogP contribution in [0.1, 0.15) is 34.3 Å². The molecule has 1 aliphatic rings. The lowest BCUT2D eigenvalue weighted by Crippen LogP contribution is -2.30. The van der Waals surface area contributed by atoms with Crippen molar-refractivity contribution in [3.05, 3.63) is 11.8 Å². The summed E-state index contributed by atoms with van der Waals surface area (Å²) in [6.45, 7) is 6.78. The number of nitrogens with two attached hydrogens (primary N) is 1. The Labute approximate surface area is 145 Å². The lowest BCUT2D eigenvalue weighted by Gasteiger charge is -2.22. The van der Waals surface area contributed by atoms with E-state index in [9.17, 15) is 13.2 Å². The zero-order valence-electron chi connectivity index (χ0n) is 15.6. The number of aliphatic carboxylic acids is 1. The number of hydrogen-bond acceptors (Lipinski definition) is 6. The quantitative estimate of drug-likeness (QED) is 0.735. The van der Waals surface area contributed by atoms with Crippen LogP contribution >= 0.6 is 0 Å². The highest BCUT2D eigenvalue weighted by molar-refractivity contribution is 5.73. The van der Waals surface area contributed by atoms with Crippen molar-refractivity contribution in [2.24, 2.45) is 0 Å². The highest BCUT2D eigenvalue weighted by Crippen LogP contribution is 2.26. The topological polar surface area (TPSA) is 104 Å². The molecule has 1 unspecified atom stereocenters. The number of hydrogen-bond donors (Lipinski definition) is 3. The molecule has 0 amide bonds. The van der Waals surface area contributed by atoms with Crippen LogP contribution in [0.5, 0.6) is 0 Å². The second kappa shape index (κ2) is 7.85. The van der Waals surface area contributed by atoms with Crippen molar-refractivity contribution < 1.29 is 24.4 Å². The molecule has 2 atom stereocenters. The van der Waals surface area contributed by atoms with Crippen molar-refractivity contribution in [1.82, 2.24) is 15.3 Å². The molecule has 2 rings (SSSR count). The molecule has 1 aromatic rings. The number of nitrogen functional groups attached to an aromatic ring is 1. The minimum absolute atomic E-state index is 0.0779. The second-order valence-electron chi connectivity index (χ2n) is 6.55. The molecule has 0 spiro atoms. The number of alkyl halides is 3. The van der Waals surface area contributed by atoms with Crippen molar-refractivity contribution in [2.75, 3.05) is 30.7 Å². The van der Waals surface area contributed by atoms with E-state index >= 15 is 0 Å². The molecule has 1 aliphatic heterocycles. The van der Waals surface area contributed by atoms with Crippen molar-refractivity contribution in [3.8, 4) is 0 Å². The Morgan fingerprint density at radius 1 is 1.44 bits per heavy atom. The molecule has 0 saturated carbocycles. The zero-order valence-corrected chi connectivity index (χ0v) is 14.6. The van der Waals surface area contributed by atoms with Crippen LogP contribution in [0.25, 0.3) is 0 Å². The van der Waals surface area contributed by atoms with Crippen molar-refractivity contribution in [2.45, 2.75) is 44.8 Å². The van der Waals surface area contributed by atoms with Crippen LogP contribution in [0.15, 0.2) is 6.07 Å². The first-order valence-electron chi connectivity index (χ1n) is 8.16. The Balaban J connectivity index is 0.000000412. The minimum Gasteiger partial charge on any atom is -0.475 e. The van der Waals surface area contributed by atoms with E-state index in [1.54, 1.807) is 0 Å². The summed E-state index contributed by atoms with van der Waals surface area (Å²) in [5.74, 6) is -1.72. The lowest BCUT2D eigenvalue weighted by atomic mass is 9.92. The summed E-state index contributed by atoms with van der Waals surface area (Å²) >= 11 is 0.